The van der Waals surface area contributed by atoms with E-state index in [1.54, 1.807) is 27.6 Å². The number of aromatic nitrogens is 2. The third-order valence-electron chi connectivity index (χ3n) is 5.65. The minimum Gasteiger partial charge on any atom is -0.453 e. The van der Waals surface area contributed by atoms with Gasteiger partial charge in [0.25, 0.3) is 5.91 Å². The van der Waals surface area contributed by atoms with Gasteiger partial charge < -0.3 is 24.1 Å². The summed E-state index contributed by atoms with van der Waals surface area (Å²) in [5.41, 5.74) is 2.33. The van der Waals surface area contributed by atoms with E-state index in [9.17, 15) is 14.0 Å². The first-order valence-electron chi connectivity index (χ1n) is 10.5. The molecule has 0 spiro atoms. The molecular formula is C23H24F2N4O4. The number of morpholine rings is 1. The Morgan fingerprint density at radius 3 is 2.82 bits per heavy atom. The standard InChI is InChI=1S/C23H24F2N4O4/c1-26-22(30)15-3-4-17(18(25)10-15)21-19(29-6-5-14(12-24)9-20(29)27-21)11-16-13-28(7-8-33-16)23(31)32-2/h3-6,9-10,16H,7-8,11-13H2,1-2H3,(H,26,30). The van der Waals surface area contributed by atoms with E-state index >= 15 is 4.39 Å². The average molecular weight is 458 g/mol. The van der Waals surface area contributed by atoms with E-state index < -0.39 is 24.5 Å². The van der Waals surface area contributed by atoms with Crippen molar-refractivity contribution >= 4 is 17.6 Å². The summed E-state index contributed by atoms with van der Waals surface area (Å²) in [7, 11) is 2.79. The van der Waals surface area contributed by atoms with E-state index in [0.29, 0.717) is 48.7 Å². The number of nitrogens with one attached hydrogen (secondary N) is 1. The molecule has 174 valence electrons. The number of carbonyl (C=O) groups is 2. The second kappa shape index (κ2) is 9.53. The first-order valence-corrected chi connectivity index (χ1v) is 10.5. The number of hydrogen-bond donors (Lipinski definition) is 1. The molecule has 1 saturated heterocycles. The van der Waals surface area contributed by atoms with Crippen LogP contribution >= 0.6 is 0 Å². The Balaban J connectivity index is 1.76. The van der Waals surface area contributed by atoms with Crippen molar-refractivity contribution in [2.75, 3.05) is 33.9 Å². The van der Waals surface area contributed by atoms with Crippen molar-refractivity contribution in [1.29, 1.82) is 0 Å². The lowest BCUT2D eigenvalue weighted by Gasteiger charge is -2.32. The van der Waals surface area contributed by atoms with E-state index in [0.717, 1.165) is 6.07 Å². The second-order valence-corrected chi connectivity index (χ2v) is 7.69. The number of amides is 2. The summed E-state index contributed by atoms with van der Waals surface area (Å²) in [6.07, 6.45) is 1.21. The second-order valence-electron chi connectivity index (χ2n) is 7.69. The number of ether oxygens (including phenoxy) is 2. The van der Waals surface area contributed by atoms with Gasteiger partial charge in [-0.15, -0.1) is 0 Å². The number of nitrogens with zero attached hydrogens (tertiary/aromatic N) is 3. The van der Waals surface area contributed by atoms with Crippen LogP contribution in [-0.4, -0.2) is 66.2 Å². The third-order valence-corrected chi connectivity index (χ3v) is 5.65. The summed E-state index contributed by atoms with van der Waals surface area (Å²) >= 11 is 0. The highest BCUT2D eigenvalue weighted by Gasteiger charge is 2.28. The molecule has 1 N–H and O–H groups in total. The molecule has 4 rings (SSSR count). The van der Waals surface area contributed by atoms with E-state index in [1.165, 1.54) is 26.3 Å². The maximum absolute atomic E-state index is 15.1. The van der Waals surface area contributed by atoms with E-state index in [2.05, 4.69) is 10.3 Å². The molecule has 0 bridgehead atoms. The van der Waals surface area contributed by atoms with Crippen molar-refractivity contribution in [2.24, 2.45) is 0 Å². The van der Waals surface area contributed by atoms with Crippen molar-refractivity contribution in [3.63, 3.8) is 0 Å². The van der Waals surface area contributed by atoms with Crippen LogP contribution in [0.1, 0.15) is 21.6 Å². The quantitative estimate of drug-likeness (QED) is 0.636. The highest BCUT2D eigenvalue weighted by molar-refractivity contribution is 5.94. The molecule has 1 aliphatic heterocycles. The number of pyridine rings is 1. The van der Waals surface area contributed by atoms with Crippen molar-refractivity contribution in [1.82, 2.24) is 19.6 Å². The fourth-order valence-corrected chi connectivity index (χ4v) is 3.98. The first-order chi connectivity index (χ1) is 15.9. The molecule has 0 saturated carbocycles. The molecule has 2 aromatic heterocycles. The lowest BCUT2D eigenvalue weighted by atomic mass is 10.0. The maximum atomic E-state index is 15.1. The van der Waals surface area contributed by atoms with Crippen molar-refractivity contribution < 1.29 is 27.8 Å². The average Bonchev–Trinajstić information content (AvgIpc) is 3.19. The van der Waals surface area contributed by atoms with Crippen LogP contribution in [0.4, 0.5) is 13.6 Å². The number of fused-ring (bicyclic) bond motifs is 1. The maximum Gasteiger partial charge on any atom is 0.409 e. The lowest BCUT2D eigenvalue weighted by Crippen LogP contribution is -2.46. The number of rotatable bonds is 5. The number of imidazole rings is 1. The molecule has 10 heteroatoms. The van der Waals surface area contributed by atoms with Crippen LogP contribution in [0.25, 0.3) is 16.9 Å². The Morgan fingerprint density at radius 2 is 2.12 bits per heavy atom. The zero-order chi connectivity index (χ0) is 23.5. The van der Waals surface area contributed by atoms with E-state index in [1.807, 2.05) is 0 Å². The monoisotopic (exact) mass is 458 g/mol. The van der Waals surface area contributed by atoms with Crippen LogP contribution in [0.5, 0.6) is 0 Å². The molecule has 8 nitrogen and oxygen atoms in total. The van der Waals surface area contributed by atoms with Crippen LogP contribution in [-0.2, 0) is 22.6 Å². The van der Waals surface area contributed by atoms with Gasteiger partial charge in [0.05, 0.1) is 37.8 Å². The molecule has 1 unspecified atom stereocenters. The number of hydrogen-bond acceptors (Lipinski definition) is 5. The Bertz CT molecular complexity index is 1200. The summed E-state index contributed by atoms with van der Waals surface area (Å²) < 4.78 is 40.7. The minimum absolute atomic E-state index is 0.188. The molecule has 3 aromatic rings. The van der Waals surface area contributed by atoms with Crippen LogP contribution in [0.2, 0.25) is 0 Å². The van der Waals surface area contributed by atoms with Gasteiger partial charge in [0.1, 0.15) is 18.1 Å². The van der Waals surface area contributed by atoms with Crippen LogP contribution in [0.3, 0.4) is 0 Å². The highest BCUT2D eigenvalue weighted by atomic mass is 19.1. The van der Waals surface area contributed by atoms with Gasteiger partial charge in [0, 0.05) is 37.3 Å². The zero-order valence-corrected chi connectivity index (χ0v) is 18.3. The van der Waals surface area contributed by atoms with Gasteiger partial charge in [-0.2, -0.15) is 0 Å². The molecule has 0 aliphatic carbocycles. The number of alkyl halides is 1. The van der Waals surface area contributed by atoms with Crippen LogP contribution in [0, 0.1) is 5.82 Å². The smallest absolute Gasteiger partial charge is 0.409 e. The summed E-state index contributed by atoms with van der Waals surface area (Å²) in [6.45, 7) is 0.411. The van der Waals surface area contributed by atoms with Gasteiger partial charge in [-0.25, -0.2) is 18.6 Å². The Kier molecular flexibility index (Phi) is 6.55. The molecule has 1 aromatic carbocycles. The minimum atomic E-state index is -0.650. The summed E-state index contributed by atoms with van der Waals surface area (Å²) in [4.78, 5) is 30.0. The molecule has 1 atom stereocenters. The molecular weight excluding hydrogens is 434 g/mol. The van der Waals surface area contributed by atoms with E-state index in [-0.39, 0.29) is 17.2 Å². The predicted octanol–water partition coefficient (Wildman–Crippen LogP) is 2.98. The summed E-state index contributed by atoms with van der Waals surface area (Å²) in [5, 5.41) is 2.47. The van der Waals surface area contributed by atoms with Crippen molar-refractivity contribution in [3.05, 3.63) is 59.2 Å². The largest absolute Gasteiger partial charge is 0.453 e. The molecule has 33 heavy (non-hydrogen) atoms. The normalized spacial score (nSPS) is 16.1. The van der Waals surface area contributed by atoms with Crippen molar-refractivity contribution in [2.45, 2.75) is 19.2 Å². The van der Waals surface area contributed by atoms with Gasteiger partial charge in [0.15, 0.2) is 0 Å². The van der Waals surface area contributed by atoms with Crippen LogP contribution in [0.15, 0.2) is 36.5 Å². The summed E-state index contributed by atoms with van der Waals surface area (Å²) in [5.74, 6) is -1.01. The molecule has 1 aliphatic rings. The number of carbonyl (C=O) groups excluding carboxylic acids is 2. The Labute approximate surface area is 189 Å². The third kappa shape index (κ3) is 4.51. The van der Waals surface area contributed by atoms with Gasteiger partial charge in [-0.3, -0.25) is 4.79 Å². The van der Waals surface area contributed by atoms with Gasteiger partial charge in [0.2, 0.25) is 0 Å². The predicted molar refractivity (Wildman–Crippen MR) is 116 cm³/mol. The van der Waals surface area contributed by atoms with Gasteiger partial charge in [-0.05, 0) is 35.9 Å². The Morgan fingerprint density at radius 1 is 1.30 bits per heavy atom. The molecule has 3 heterocycles. The van der Waals surface area contributed by atoms with Crippen LogP contribution < -0.4 is 5.32 Å². The molecule has 1 fully saturated rings. The highest BCUT2D eigenvalue weighted by Crippen LogP contribution is 2.30. The fraction of sp³-hybridized carbons (Fsp3) is 0.348. The lowest BCUT2D eigenvalue weighted by molar-refractivity contribution is -0.0241. The number of halogens is 2. The number of benzene rings is 1. The Hall–Kier alpha value is -3.53. The number of methoxy groups -OCH3 is 1. The topological polar surface area (TPSA) is 85.2 Å². The van der Waals surface area contributed by atoms with Gasteiger partial charge in [-0.1, -0.05) is 0 Å². The fourth-order valence-electron chi connectivity index (χ4n) is 3.98. The van der Waals surface area contributed by atoms with Crippen molar-refractivity contribution in [3.8, 4) is 11.3 Å². The SMILES string of the molecule is CNC(=O)c1ccc(-c2nc3cc(CF)ccn3c2CC2CN(C(=O)OC)CCO2)c(F)c1. The van der Waals surface area contributed by atoms with Gasteiger partial charge >= 0.3 is 6.09 Å². The first kappa shape index (κ1) is 22.7. The summed E-state index contributed by atoms with van der Waals surface area (Å²) in [6, 6.07) is 7.42. The zero-order valence-electron chi connectivity index (χ0n) is 18.3. The molecule has 0 radical (unpaired) electrons. The molecule has 2 amide bonds. The van der Waals surface area contributed by atoms with E-state index in [4.69, 9.17) is 9.47 Å².